The largest absolute Gasteiger partial charge is 0.508 e. The first kappa shape index (κ1) is 27.1. The molecule has 2 N–H and O–H groups in total. The maximum absolute atomic E-state index is 13.4. The standard InChI is InChI=1S/C30H39NO6/c1-3-19(16-20-9-12-22(32)13-10-20)11-14-25-27-21(4-2)17-23-28(24(27)18-37-25)30(36)31(29(23)35)15-7-5-6-8-26(33)34/h9-10,12-13,16,23-25,28,32H,3-8,11,14-15,17-18H2,1-2H3,(H,33,34)/b19-16+/t23-,24+,25-,28-/m1/s1. The number of carbonyl (C=O) groups excluding carboxylic acids is 2. The summed E-state index contributed by atoms with van der Waals surface area (Å²) >= 11 is 0. The Bertz CT molecular complexity index is 1070. The van der Waals surface area contributed by atoms with Crippen LogP contribution in [0, 0.1) is 17.8 Å². The van der Waals surface area contributed by atoms with Gasteiger partial charge in [-0.2, -0.15) is 0 Å². The van der Waals surface area contributed by atoms with E-state index in [1.54, 1.807) is 12.1 Å². The van der Waals surface area contributed by atoms with E-state index in [0.29, 0.717) is 38.8 Å². The summed E-state index contributed by atoms with van der Waals surface area (Å²) in [5, 5.41) is 18.4. The lowest BCUT2D eigenvalue weighted by Crippen LogP contribution is -2.34. The molecule has 1 aromatic rings. The van der Waals surface area contributed by atoms with Crippen molar-refractivity contribution in [1.82, 2.24) is 4.90 Å². The van der Waals surface area contributed by atoms with E-state index in [1.165, 1.54) is 21.6 Å². The molecule has 1 aromatic carbocycles. The van der Waals surface area contributed by atoms with Gasteiger partial charge in [-0.1, -0.05) is 49.6 Å². The predicted molar refractivity (Wildman–Crippen MR) is 141 cm³/mol. The number of fused-ring (bicyclic) bond motifs is 3. The summed E-state index contributed by atoms with van der Waals surface area (Å²) in [6.45, 7) is 5.13. The molecule has 200 valence electrons. The molecule has 0 unspecified atom stereocenters. The minimum atomic E-state index is -0.817. The van der Waals surface area contributed by atoms with Crippen LogP contribution in [0.3, 0.4) is 0 Å². The zero-order valence-corrected chi connectivity index (χ0v) is 21.9. The monoisotopic (exact) mass is 509 g/mol. The predicted octanol–water partition coefficient (Wildman–Crippen LogP) is 5.34. The minimum absolute atomic E-state index is 0.0244. The molecule has 0 spiro atoms. The van der Waals surface area contributed by atoms with Crippen molar-refractivity contribution in [2.75, 3.05) is 13.2 Å². The molecule has 3 aliphatic rings. The van der Waals surface area contributed by atoms with Gasteiger partial charge in [-0.25, -0.2) is 0 Å². The summed E-state index contributed by atoms with van der Waals surface area (Å²) in [4.78, 5) is 38.8. The molecule has 4 rings (SSSR count). The van der Waals surface area contributed by atoms with E-state index in [-0.39, 0.29) is 47.8 Å². The van der Waals surface area contributed by atoms with Gasteiger partial charge in [-0.15, -0.1) is 0 Å². The molecule has 7 nitrogen and oxygen atoms in total. The first-order valence-corrected chi connectivity index (χ1v) is 13.7. The Morgan fingerprint density at radius 2 is 1.81 bits per heavy atom. The highest BCUT2D eigenvalue weighted by Gasteiger charge is 2.56. The van der Waals surface area contributed by atoms with Crippen LogP contribution in [-0.2, 0) is 19.1 Å². The number of carboxylic acids is 1. The Kier molecular flexibility index (Phi) is 8.85. The number of rotatable bonds is 12. The molecular formula is C30H39NO6. The highest BCUT2D eigenvalue weighted by molar-refractivity contribution is 6.05. The molecule has 0 radical (unpaired) electrons. The Balaban J connectivity index is 1.42. The normalized spacial score (nSPS) is 25.6. The van der Waals surface area contributed by atoms with E-state index in [1.807, 2.05) is 12.1 Å². The van der Waals surface area contributed by atoms with Crippen LogP contribution in [-0.4, -0.2) is 52.2 Å². The molecule has 2 amide bonds. The van der Waals surface area contributed by atoms with Crippen molar-refractivity contribution in [3.8, 4) is 5.75 Å². The van der Waals surface area contributed by atoms with Crippen LogP contribution in [0.15, 0.2) is 41.0 Å². The Morgan fingerprint density at radius 3 is 2.49 bits per heavy atom. The average Bonchev–Trinajstić information content (AvgIpc) is 3.41. The molecule has 2 heterocycles. The zero-order chi connectivity index (χ0) is 26.5. The fourth-order valence-corrected chi connectivity index (χ4v) is 6.29. The molecule has 37 heavy (non-hydrogen) atoms. The van der Waals surface area contributed by atoms with E-state index in [9.17, 15) is 19.5 Å². The molecule has 2 aliphatic heterocycles. The maximum atomic E-state index is 13.4. The fraction of sp³-hybridized carbons (Fsp3) is 0.567. The molecule has 1 aliphatic carbocycles. The van der Waals surface area contributed by atoms with E-state index < -0.39 is 5.97 Å². The lowest BCUT2D eigenvalue weighted by molar-refractivity contribution is -0.141. The van der Waals surface area contributed by atoms with Crippen LogP contribution in [0.1, 0.15) is 77.2 Å². The number of aliphatic carboxylic acids is 1. The zero-order valence-electron chi connectivity index (χ0n) is 21.9. The SMILES string of the molecule is CCC1=C2[C@@H](CC/C(=C/c3ccc(O)cc3)CC)OC[C@@H]2[C@@H]2C(=O)N(CCCCCC(=O)O)C(=O)[C@@H]2C1. The van der Waals surface area contributed by atoms with Gasteiger partial charge in [0.05, 0.1) is 24.5 Å². The number of carbonyl (C=O) groups is 3. The van der Waals surface area contributed by atoms with Crippen LogP contribution in [0.2, 0.25) is 0 Å². The van der Waals surface area contributed by atoms with Gasteiger partial charge in [0.1, 0.15) is 5.75 Å². The number of ether oxygens (including phenoxy) is 1. The van der Waals surface area contributed by atoms with Crippen LogP contribution in [0.5, 0.6) is 5.75 Å². The summed E-state index contributed by atoms with van der Waals surface area (Å²) in [6.07, 6.45) is 8.31. The lowest BCUT2D eigenvalue weighted by atomic mass is 9.69. The molecule has 2 fully saturated rings. The first-order chi connectivity index (χ1) is 17.8. The second-order valence-electron chi connectivity index (χ2n) is 10.5. The number of amides is 2. The number of hydrogen-bond donors (Lipinski definition) is 2. The van der Waals surface area contributed by atoms with Crippen molar-refractivity contribution in [2.24, 2.45) is 17.8 Å². The van der Waals surface area contributed by atoms with Crippen molar-refractivity contribution in [1.29, 1.82) is 0 Å². The highest BCUT2D eigenvalue weighted by Crippen LogP contribution is 2.50. The number of aromatic hydroxyl groups is 1. The van der Waals surface area contributed by atoms with Gasteiger partial charge in [0.15, 0.2) is 0 Å². The van der Waals surface area contributed by atoms with Crippen LogP contribution >= 0.6 is 0 Å². The number of benzene rings is 1. The summed E-state index contributed by atoms with van der Waals surface area (Å²) in [7, 11) is 0. The Labute approximate surface area is 219 Å². The van der Waals surface area contributed by atoms with E-state index >= 15 is 0 Å². The van der Waals surface area contributed by atoms with Gasteiger partial charge in [0, 0.05) is 18.9 Å². The van der Waals surface area contributed by atoms with Gasteiger partial charge < -0.3 is 14.9 Å². The lowest BCUT2D eigenvalue weighted by Gasteiger charge is -2.31. The second kappa shape index (κ2) is 12.1. The molecule has 2 saturated heterocycles. The van der Waals surface area contributed by atoms with Crippen molar-refractivity contribution >= 4 is 23.9 Å². The number of phenolic OH excluding ortho intramolecular Hbond substituents is 1. The number of unbranched alkanes of at least 4 members (excludes halogenated alkanes) is 2. The average molecular weight is 510 g/mol. The molecule has 0 saturated carbocycles. The van der Waals surface area contributed by atoms with Crippen LogP contribution < -0.4 is 0 Å². The first-order valence-electron chi connectivity index (χ1n) is 13.7. The van der Waals surface area contributed by atoms with E-state index in [2.05, 4.69) is 19.9 Å². The highest BCUT2D eigenvalue weighted by atomic mass is 16.5. The number of phenols is 1. The molecular weight excluding hydrogens is 470 g/mol. The van der Waals surface area contributed by atoms with Gasteiger partial charge in [-0.05, 0) is 68.2 Å². The summed E-state index contributed by atoms with van der Waals surface area (Å²) in [5.41, 5.74) is 4.91. The third-order valence-electron chi connectivity index (χ3n) is 8.24. The minimum Gasteiger partial charge on any atom is -0.508 e. The quantitative estimate of drug-likeness (QED) is 0.224. The number of hydrogen-bond acceptors (Lipinski definition) is 5. The van der Waals surface area contributed by atoms with E-state index in [4.69, 9.17) is 9.84 Å². The number of imide groups is 1. The van der Waals surface area contributed by atoms with Crippen molar-refractivity contribution < 1.29 is 29.3 Å². The fourth-order valence-electron chi connectivity index (χ4n) is 6.29. The van der Waals surface area contributed by atoms with Crippen molar-refractivity contribution in [3.05, 3.63) is 46.5 Å². The molecule has 4 atom stereocenters. The molecule has 7 heteroatoms. The maximum Gasteiger partial charge on any atom is 0.303 e. The van der Waals surface area contributed by atoms with Gasteiger partial charge in [0.25, 0.3) is 0 Å². The van der Waals surface area contributed by atoms with Crippen LogP contribution in [0.4, 0.5) is 0 Å². The van der Waals surface area contributed by atoms with Gasteiger partial charge >= 0.3 is 5.97 Å². The van der Waals surface area contributed by atoms with E-state index in [0.717, 1.165) is 31.2 Å². The molecule has 0 bridgehead atoms. The van der Waals surface area contributed by atoms with Gasteiger partial charge in [0.2, 0.25) is 11.8 Å². The smallest absolute Gasteiger partial charge is 0.303 e. The summed E-state index contributed by atoms with van der Waals surface area (Å²) < 4.78 is 6.30. The third-order valence-corrected chi connectivity index (χ3v) is 8.24. The van der Waals surface area contributed by atoms with Crippen LogP contribution in [0.25, 0.3) is 6.08 Å². The topological polar surface area (TPSA) is 104 Å². The summed E-state index contributed by atoms with van der Waals surface area (Å²) in [6, 6.07) is 7.21. The van der Waals surface area contributed by atoms with Gasteiger partial charge in [-0.3, -0.25) is 19.3 Å². The number of nitrogens with zero attached hydrogens (tertiary/aromatic N) is 1. The summed E-state index contributed by atoms with van der Waals surface area (Å²) in [5.74, 6) is -1.35. The number of allylic oxidation sites excluding steroid dienone is 2. The third kappa shape index (κ3) is 5.98. The van der Waals surface area contributed by atoms with Crippen molar-refractivity contribution in [3.63, 3.8) is 0 Å². The van der Waals surface area contributed by atoms with Crippen molar-refractivity contribution in [2.45, 2.75) is 77.7 Å². The number of likely N-dealkylation sites (tertiary alicyclic amines) is 1. The second-order valence-corrected chi connectivity index (χ2v) is 10.5. The number of carboxylic acid groups (broad SMARTS) is 1. The molecule has 0 aromatic heterocycles. The Morgan fingerprint density at radius 1 is 1.05 bits per heavy atom. The Hall–Kier alpha value is -2.93.